The average molecular weight is 313 g/mol. The Balaban J connectivity index is 2.23. The SMILES string of the molecule is CCN(C(=O)CCCl)c1nc(-c2ccc(F)cc2)cs1. The summed E-state index contributed by atoms with van der Waals surface area (Å²) in [5, 5.41) is 2.50. The topological polar surface area (TPSA) is 33.2 Å². The van der Waals surface area contributed by atoms with Crippen molar-refractivity contribution in [3.05, 3.63) is 35.5 Å². The number of hydrogen-bond acceptors (Lipinski definition) is 3. The smallest absolute Gasteiger partial charge is 0.229 e. The summed E-state index contributed by atoms with van der Waals surface area (Å²) in [4.78, 5) is 18.0. The highest BCUT2D eigenvalue weighted by molar-refractivity contribution is 7.14. The van der Waals surface area contributed by atoms with Crippen molar-refractivity contribution in [2.24, 2.45) is 0 Å². The maximum atomic E-state index is 12.9. The first-order valence-electron chi connectivity index (χ1n) is 6.23. The van der Waals surface area contributed by atoms with Gasteiger partial charge < -0.3 is 0 Å². The Morgan fingerprint density at radius 1 is 1.40 bits per heavy atom. The minimum atomic E-state index is -0.281. The maximum Gasteiger partial charge on any atom is 0.229 e. The van der Waals surface area contributed by atoms with Crippen molar-refractivity contribution in [2.45, 2.75) is 13.3 Å². The number of benzene rings is 1. The highest BCUT2D eigenvalue weighted by Gasteiger charge is 2.17. The summed E-state index contributed by atoms with van der Waals surface area (Å²) >= 11 is 6.99. The molecule has 0 atom stereocenters. The fourth-order valence-electron chi connectivity index (χ4n) is 1.78. The van der Waals surface area contributed by atoms with E-state index in [1.165, 1.54) is 23.5 Å². The fraction of sp³-hybridized carbons (Fsp3) is 0.286. The predicted octanol–water partition coefficient (Wildman–Crippen LogP) is 3.93. The lowest BCUT2D eigenvalue weighted by atomic mass is 10.2. The van der Waals surface area contributed by atoms with E-state index in [-0.39, 0.29) is 11.7 Å². The van der Waals surface area contributed by atoms with Crippen molar-refractivity contribution in [2.75, 3.05) is 17.3 Å². The molecule has 0 fully saturated rings. The summed E-state index contributed by atoms with van der Waals surface area (Å²) < 4.78 is 12.9. The molecule has 0 bridgehead atoms. The van der Waals surface area contributed by atoms with Crippen LogP contribution in [-0.4, -0.2) is 23.3 Å². The van der Waals surface area contributed by atoms with Gasteiger partial charge in [0.1, 0.15) is 5.82 Å². The maximum absolute atomic E-state index is 12.9. The molecule has 0 aliphatic rings. The van der Waals surface area contributed by atoms with E-state index in [4.69, 9.17) is 11.6 Å². The fourth-order valence-corrected chi connectivity index (χ4v) is 2.85. The molecule has 1 heterocycles. The van der Waals surface area contributed by atoms with Gasteiger partial charge in [0.2, 0.25) is 5.91 Å². The van der Waals surface area contributed by atoms with Gasteiger partial charge in [-0.2, -0.15) is 0 Å². The minimum Gasteiger partial charge on any atom is -0.288 e. The first-order chi connectivity index (χ1) is 9.65. The molecule has 1 aromatic heterocycles. The van der Waals surface area contributed by atoms with Gasteiger partial charge in [-0.3, -0.25) is 9.69 Å². The standard InChI is InChI=1S/C14H14ClFN2OS/c1-2-18(13(19)7-8-15)14-17-12(9-20-14)10-3-5-11(16)6-4-10/h3-6,9H,2,7-8H2,1H3. The zero-order valence-corrected chi connectivity index (χ0v) is 12.5. The monoisotopic (exact) mass is 312 g/mol. The van der Waals surface area contributed by atoms with Gasteiger partial charge in [-0.15, -0.1) is 22.9 Å². The number of carbonyl (C=O) groups is 1. The van der Waals surface area contributed by atoms with Gasteiger partial charge in [0, 0.05) is 29.8 Å². The highest BCUT2D eigenvalue weighted by atomic mass is 35.5. The molecule has 20 heavy (non-hydrogen) atoms. The second kappa shape index (κ2) is 6.81. The second-order valence-electron chi connectivity index (χ2n) is 4.10. The Labute approximate surface area is 126 Å². The molecule has 2 aromatic rings. The molecule has 0 saturated heterocycles. The number of hydrogen-bond donors (Lipinski definition) is 0. The number of anilines is 1. The first-order valence-corrected chi connectivity index (χ1v) is 7.65. The number of nitrogens with zero attached hydrogens (tertiary/aromatic N) is 2. The van der Waals surface area contributed by atoms with E-state index in [0.29, 0.717) is 24.0 Å². The lowest BCUT2D eigenvalue weighted by molar-refractivity contribution is -0.118. The van der Waals surface area contributed by atoms with Crippen LogP contribution in [0.1, 0.15) is 13.3 Å². The third-order valence-electron chi connectivity index (χ3n) is 2.79. The second-order valence-corrected chi connectivity index (χ2v) is 5.31. The van der Waals surface area contributed by atoms with Crippen molar-refractivity contribution < 1.29 is 9.18 Å². The highest BCUT2D eigenvalue weighted by Crippen LogP contribution is 2.27. The van der Waals surface area contributed by atoms with Gasteiger partial charge in [-0.1, -0.05) is 0 Å². The molecule has 0 saturated carbocycles. The van der Waals surface area contributed by atoms with Crippen LogP contribution in [0.25, 0.3) is 11.3 Å². The largest absolute Gasteiger partial charge is 0.288 e. The summed E-state index contributed by atoms with van der Waals surface area (Å²) in [6.45, 7) is 2.44. The van der Waals surface area contributed by atoms with E-state index >= 15 is 0 Å². The molecule has 106 valence electrons. The van der Waals surface area contributed by atoms with E-state index in [1.54, 1.807) is 17.0 Å². The van der Waals surface area contributed by atoms with E-state index in [1.807, 2.05) is 12.3 Å². The molecule has 0 N–H and O–H groups in total. The third kappa shape index (κ3) is 3.35. The van der Waals surface area contributed by atoms with Crippen LogP contribution in [-0.2, 0) is 4.79 Å². The molecular weight excluding hydrogens is 299 g/mol. The first kappa shape index (κ1) is 14.9. The van der Waals surface area contributed by atoms with Gasteiger partial charge in [0.15, 0.2) is 5.13 Å². The van der Waals surface area contributed by atoms with Crippen LogP contribution < -0.4 is 4.90 Å². The number of alkyl halides is 1. The van der Waals surface area contributed by atoms with Crippen molar-refractivity contribution in [3.8, 4) is 11.3 Å². The molecule has 0 unspecified atom stereocenters. The van der Waals surface area contributed by atoms with Crippen molar-refractivity contribution in [1.29, 1.82) is 0 Å². The third-order valence-corrected chi connectivity index (χ3v) is 3.84. The number of halogens is 2. The number of thiazole rings is 1. The van der Waals surface area contributed by atoms with Crippen LogP contribution in [0, 0.1) is 5.82 Å². The van der Waals surface area contributed by atoms with Crippen molar-refractivity contribution >= 4 is 34.0 Å². The molecule has 6 heteroatoms. The predicted molar refractivity (Wildman–Crippen MR) is 80.9 cm³/mol. The Morgan fingerprint density at radius 2 is 2.10 bits per heavy atom. The van der Waals surface area contributed by atoms with Crippen LogP contribution in [0.5, 0.6) is 0 Å². The van der Waals surface area contributed by atoms with Crippen LogP contribution in [0.15, 0.2) is 29.6 Å². The van der Waals surface area contributed by atoms with Gasteiger partial charge >= 0.3 is 0 Å². The molecule has 3 nitrogen and oxygen atoms in total. The van der Waals surface area contributed by atoms with Crippen LogP contribution >= 0.6 is 22.9 Å². The average Bonchev–Trinajstić information content (AvgIpc) is 2.90. The molecule has 0 aliphatic carbocycles. The van der Waals surface area contributed by atoms with Crippen LogP contribution in [0.2, 0.25) is 0 Å². The Bertz CT molecular complexity index is 585. The summed E-state index contributed by atoms with van der Waals surface area (Å²) in [5.74, 6) is -0.0230. The lowest BCUT2D eigenvalue weighted by Crippen LogP contribution is -2.30. The van der Waals surface area contributed by atoms with Crippen molar-refractivity contribution in [1.82, 2.24) is 4.98 Å². The normalized spacial score (nSPS) is 10.6. The number of rotatable bonds is 5. The van der Waals surface area contributed by atoms with Crippen LogP contribution in [0.4, 0.5) is 9.52 Å². The molecule has 1 amide bonds. The molecular formula is C14H14ClFN2OS. The Hall–Kier alpha value is -1.46. The van der Waals surface area contributed by atoms with Crippen LogP contribution in [0.3, 0.4) is 0 Å². The van der Waals surface area contributed by atoms with E-state index in [0.717, 1.165) is 11.3 Å². The number of carbonyl (C=O) groups excluding carboxylic acids is 1. The quantitative estimate of drug-likeness (QED) is 0.784. The number of amides is 1. The number of aromatic nitrogens is 1. The molecule has 2 rings (SSSR count). The summed E-state index contributed by atoms with van der Waals surface area (Å²) in [6.07, 6.45) is 0.293. The Morgan fingerprint density at radius 3 is 2.70 bits per heavy atom. The van der Waals surface area contributed by atoms with Gasteiger partial charge in [0.25, 0.3) is 0 Å². The van der Waals surface area contributed by atoms with Gasteiger partial charge in [-0.05, 0) is 31.2 Å². The summed E-state index contributed by atoms with van der Waals surface area (Å²) in [5.41, 5.74) is 1.57. The van der Waals surface area contributed by atoms with E-state index < -0.39 is 0 Å². The lowest BCUT2D eigenvalue weighted by Gasteiger charge is -2.16. The van der Waals surface area contributed by atoms with E-state index in [2.05, 4.69) is 4.98 Å². The summed E-state index contributed by atoms with van der Waals surface area (Å²) in [6, 6.07) is 6.13. The van der Waals surface area contributed by atoms with Crippen molar-refractivity contribution in [3.63, 3.8) is 0 Å². The zero-order chi connectivity index (χ0) is 14.5. The minimum absolute atomic E-state index is 0.0393. The zero-order valence-electron chi connectivity index (χ0n) is 11.0. The molecule has 0 aliphatic heterocycles. The molecule has 0 radical (unpaired) electrons. The molecule has 1 aromatic carbocycles. The molecule has 0 spiro atoms. The van der Waals surface area contributed by atoms with E-state index in [9.17, 15) is 9.18 Å². The Kier molecular flexibility index (Phi) is 5.09. The van der Waals surface area contributed by atoms with Gasteiger partial charge in [-0.25, -0.2) is 9.37 Å². The van der Waals surface area contributed by atoms with Gasteiger partial charge in [0.05, 0.1) is 5.69 Å². The summed E-state index contributed by atoms with van der Waals surface area (Å²) in [7, 11) is 0.